The molecule has 1 aliphatic heterocycles. The molecule has 3 aliphatic carbocycles. The van der Waals surface area contributed by atoms with Crippen molar-refractivity contribution in [2.45, 2.75) is 95.1 Å². The summed E-state index contributed by atoms with van der Waals surface area (Å²) >= 11 is 0. The number of rotatable bonds is 5. The number of likely N-dealkylation sites (N-methyl/N-ethyl adjacent to an activating group) is 1. The highest BCUT2D eigenvalue weighted by Crippen LogP contribution is 2.64. The van der Waals surface area contributed by atoms with Gasteiger partial charge in [0.25, 0.3) is 0 Å². The number of ether oxygens (including phenoxy) is 3. The van der Waals surface area contributed by atoms with E-state index < -0.39 is 6.16 Å². The molecule has 31 heavy (non-hydrogen) atoms. The first-order chi connectivity index (χ1) is 15.1. The summed E-state index contributed by atoms with van der Waals surface area (Å²) in [6.45, 7) is 3.48. The van der Waals surface area contributed by atoms with Gasteiger partial charge in [-0.15, -0.1) is 0 Å². The Morgan fingerprint density at radius 1 is 1.13 bits per heavy atom. The lowest BCUT2D eigenvalue weighted by molar-refractivity contribution is -0.0890. The maximum absolute atomic E-state index is 11.9. The number of nitrogens with zero attached hydrogens (tertiary/aromatic N) is 1. The molecule has 0 spiro atoms. The van der Waals surface area contributed by atoms with Gasteiger partial charge < -0.3 is 19.1 Å². The van der Waals surface area contributed by atoms with E-state index in [4.69, 9.17) is 14.2 Å². The summed E-state index contributed by atoms with van der Waals surface area (Å²) in [5.41, 5.74) is 3.61. The monoisotopic (exact) mass is 427 g/mol. The molecule has 1 saturated heterocycles. The number of fused-ring (bicyclic) bond motifs is 1. The van der Waals surface area contributed by atoms with Crippen LogP contribution in [-0.4, -0.2) is 43.6 Å². The highest BCUT2D eigenvalue weighted by Gasteiger charge is 2.62. The van der Waals surface area contributed by atoms with Gasteiger partial charge in [-0.05, 0) is 100 Å². The first-order valence-electron chi connectivity index (χ1n) is 12.4. The van der Waals surface area contributed by atoms with Crippen LogP contribution in [0.4, 0.5) is 4.79 Å². The van der Waals surface area contributed by atoms with Crippen molar-refractivity contribution in [3.8, 4) is 5.75 Å². The zero-order chi connectivity index (χ0) is 21.5. The Hall–Kier alpha value is -1.75. The van der Waals surface area contributed by atoms with Crippen LogP contribution < -0.4 is 4.74 Å². The molecule has 0 radical (unpaired) electrons. The number of carbonyl (C=O) groups is 1. The molecule has 5 heteroatoms. The van der Waals surface area contributed by atoms with E-state index in [0.29, 0.717) is 11.5 Å². The number of piperidine rings is 1. The lowest BCUT2D eigenvalue weighted by atomic mass is 9.43. The Kier molecular flexibility index (Phi) is 5.66. The highest BCUT2D eigenvalue weighted by molar-refractivity contribution is 5.60. The molecule has 0 unspecified atom stereocenters. The van der Waals surface area contributed by atoms with E-state index >= 15 is 0 Å². The second-order valence-corrected chi connectivity index (χ2v) is 10.2. The molecule has 1 aromatic rings. The molecule has 4 aliphatic rings. The fourth-order valence-corrected chi connectivity index (χ4v) is 7.60. The van der Waals surface area contributed by atoms with Crippen molar-refractivity contribution in [3.63, 3.8) is 0 Å². The van der Waals surface area contributed by atoms with Crippen LogP contribution in [-0.2, 0) is 21.3 Å². The van der Waals surface area contributed by atoms with E-state index in [1.165, 1.54) is 56.2 Å². The maximum Gasteiger partial charge on any atom is 0.511 e. The van der Waals surface area contributed by atoms with Gasteiger partial charge in [-0.1, -0.05) is 25.8 Å². The van der Waals surface area contributed by atoms with E-state index in [-0.39, 0.29) is 18.3 Å². The molecule has 1 heterocycles. The number of likely N-dealkylation sites (tertiary alicyclic amines) is 1. The van der Waals surface area contributed by atoms with Crippen LogP contribution in [0.3, 0.4) is 0 Å². The van der Waals surface area contributed by atoms with Gasteiger partial charge in [0, 0.05) is 11.5 Å². The van der Waals surface area contributed by atoms with Crippen LogP contribution in [0, 0.1) is 5.41 Å². The topological polar surface area (TPSA) is 48.0 Å². The molecular weight excluding hydrogens is 390 g/mol. The molecule has 3 atom stereocenters. The fraction of sp³-hybridized carbons (Fsp3) is 0.731. The first-order valence-corrected chi connectivity index (χ1v) is 12.4. The molecule has 3 fully saturated rings. The Bertz CT molecular complexity index is 820. The summed E-state index contributed by atoms with van der Waals surface area (Å²) in [6, 6.07) is 7.19. The predicted molar refractivity (Wildman–Crippen MR) is 119 cm³/mol. The van der Waals surface area contributed by atoms with Crippen molar-refractivity contribution in [3.05, 3.63) is 29.3 Å². The molecule has 170 valence electrons. The van der Waals surface area contributed by atoms with Crippen molar-refractivity contribution in [2.75, 3.05) is 20.4 Å². The van der Waals surface area contributed by atoms with Crippen molar-refractivity contribution in [2.24, 2.45) is 5.41 Å². The van der Waals surface area contributed by atoms with Crippen molar-refractivity contribution >= 4 is 6.16 Å². The summed E-state index contributed by atoms with van der Waals surface area (Å²) in [5.74, 6) is 0.801. The van der Waals surface area contributed by atoms with Gasteiger partial charge in [-0.25, -0.2) is 4.79 Å². The number of carbonyl (C=O) groups excluding carboxylic acids is 1. The summed E-state index contributed by atoms with van der Waals surface area (Å²) in [4.78, 5) is 14.6. The van der Waals surface area contributed by atoms with E-state index in [1.54, 1.807) is 0 Å². The molecule has 0 N–H and O–H groups in total. The number of hydrogen-bond acceptors (Lipinski definition) is 5. The molecule has 2 saturated carbocycles. The van der Waals surface area contributed by atoms with Gasteiger partial charge >= 0.3 is 6.16 Å². The summed E-state index contributed by atoms with van der Waals surface area (Å²) in [7, 11) is 2.32. The Morgan fingerprint density at radius 3 is 2.74 bits per heavy atom. The third kappa shape index (κ3) is 3.44. The molecule has 0 aromatic heterocycles. The molecular formula is C26H37NO4. The minimum Gasteiger partial charge on any atom is -0.457 e. The van der Waals surface area contributed by atoms with Gasteiger partial charge in [0.05, 0.1) is 0 Å². The van der Waals surface area contributed by atoms with Gasteiger partial charge in [0.1, 0.15) is 11.9 Å². The molecule has 1 aromatic carbocycles. The number of benzene rings is 1. The maximum atomic E-state index is 11.9. The second kappa shape index (κ2) is 8.31. The van der Waals surface area contributed by atoms with E-state index in [9.17, 15) is 4.79 Å². The zero-order valence-corrected chi connectivity index (χ0v) is 19.2. The van der Waals surface area contributed by atoms with Gasteiger partial charge in [0.2, 0.25) is 6.79 Å². The van der Waals surface area contributed by atoms with Crippen LogP contribution in [0.5, 0.6) is 5.75 Å². The second-order valence-electron chi connectivity index (χ2n) is 10.2. The van der Waals surface area contributed by atoms with Gasteiger partial charge in [-0.3, -0.25) is 0 Å². The van der Waals surface area contributed by atoms with Crippen molar-refractivity contribution in [1.29, 1.82) is 0 Å². The van der Waals surface area contributed by atoms with Crippen LogP contribution in [0.15, 0.2) is 18.2 Å². The standard InChI is InChI=1S/C26H37NO4/c1-3-25-12-6-7-13-26(25)14-15-27(2)23(25)16-19-10-11-21(17-22(19)26)29-18-30-24(28)31-20-8-4-5-9-20/h10-11,17,20,23H,3-9,12-16,18H2,1-2H3/t23-,25+,26+/m0/s1. The SMILES string of the molecule is CC[C@]12CCCC[C@]13CCN(C)[C@H]2Cc1ccc(OCOC(=O)OC2CCCC2)cc13. The molecule has 2 bridgehead atoms. The van der Waals surface area contributed by atoms with Crippen LogP contribution in [0.2, 0.25) is 0 Å². The van der Waals surface area contributed by atoms with Gasteiger partial charge in [-0.2, -0.15) is 0 Å². The molecule has 0 amide bonds. The van der Waals surface area contributed by atoms with E-state index in [1.807, 2.05) is 6.07 Å². The van der Waals surface area contributed by atoms with E-state index in [2.05, 4.69) is 31.0 Å². The largest absolute Gasteiger partial charge is 0.511 e. The average molecular weight is 428 g/mol. The quantitative estimate of drug-likeness (QED) is 0.453. The lowest BCUT2D eigenvalue weighted by Gasteiger charge is -2.66. The smallest absolute Gasteiger partial charge is 0.457 e. The summed E-state index contributed by atoms with van der Waals surface area (Å²) < 4.78 is 16.4. The zero-order valence-electron chi connectivity index (χ0n) is 19.2. The fourth-order valence-electron chi connectivity index (χ4n) is 7.60. The minimum absolute atomic E-state index is 0.0150. The van der Waals surface area contributed by atoms with E-state index in [0.717, 1.165) is 37.9 Å². The Labute approximate surface area is 186 Å². The van der Waals surface area contributed by atoms with Gasteiger partial charge in [0.15, 0.2) is 0 Å². The molecule has 5 rings (SSSR count). The molecule has 5 nitrogen and oxygen atoms in total. The summed E-state index contributed by atoms with van der Waals surface area (Å²) in [5, 5.41) is 0. The minimum atomic E-state index is -0.612. The Balaban J connectivity index is 1.33. The summed E-state index contributed by atoms with van der Waals surface area (Å²) in [6.07, 6.45) is 12.4. The third-order valence-electron chi connectivity index (χ3n) is 9.10. The van der Waals surface area contributed by atoms with Crippen LogP contribution >= 0.6 is 0 Å². The van der Waals surface area contributed by atoms with Crippen molar-refractivity contribution in [1.82, 2.24) is 4.90 Å². The predicted octanol–water partition coefficient (Wildman–Crippen LogP) is 5.59. The lowest BCUT2D eigenvalue weighted by Crippen LogP contribution is -2.67. The van der Waals surface area contributed by atoms with Crippen LogP contribution in [0.1, 0.15) is 82.3 Å². The van der Waals surface area contributed by atoms with Crippen LogP contribution in [0.25, 0.3) is 0 Å². The highest BCUT2D eigenvalue weighted by atomic mass is 16.8. The normalized spacial score (nSPS) is 32.8. The third-order valence-corrected chi connectivity index (χ3v) is 9.10. The van der Waals surface area contributed by atoms with Crippen molar-refractivity contribution < 1.29 is 19.0 Å². The number of hydrogen-bond donors (Lipinski definition) is 0. The Morgan fingerprint density at radius 2 is 1.94 bits per heavy atom. The average Bonchev–Trinajstić information content (AvgIpc) is 3.29. The first kappa shape index (κ1) is 21.1.